The van der Waals surface area contributed by atoms with E-state index in [2.05, 4.69) is 79.7 Å². The maximum absolute atomic E-state index is 6.55. The lowest BCUT2D eigenvalue weighted by atomic mass is 9.94. The third-order valence-electron chi connectivity index (χ3n) is 5.00. The molecule has 3 heteroatoms. The highest BCUT2D eigenvalue weighted by molar-refractivity contribution is 5.27. The minimum absolute atomic E-state index is 0.0943. The van der Waals surface area contributed by atoms with Gasteiger partial charge in [0.25, 0.3) is 0 Å². The van der Waals surface area contributed by atoms with Gasteiger partial charge >= 0.3 is 0 Å². The fourth-order valence-corrected chi connectivity index (χ4v) is 3.57. The predicted molar refractivity (Wildman–Crippen MR) is 114 cm³/mol. The summed E-state index contributed by atoms with van der Waals surface area (Å²) in [5, 5.41) is 0. The average Bonchev–Trinajstić information content (AvgIpc) is 2.75. The van der Waals surface area contributed by atoms with Crippen molar-refractivity contribution in [2.45, 2.75) is 18.2 Å². The minimum atomic E-state index is -0.111. The van der Waals surface area contributed by atoms with Crippen LogP contribution in [0.2, 0.25) is 0 Å². The van der Waals surface area contributed by atoms with E-state index in [1.807, 2.05) is 30.3 Å². The molecule has 0 saturated heterocycles. The molecule has 0 aromatic heterocycles. The second-order valence-corrected chi connectivity index (χ2v) is 7.12. The van der Waals surface area contributed by atoms with Crippen LogP contribution in [0.15, 0.2) is 91.0 Å². The zero-order valence-corrected chi connectivity index (χ0v) is 16.9. The molecule has 3 nitrogen and oxygen atoms in total. The lowest BCUT2D eigenvalue weighted by molar-refractivity contribution is -0.0578. The Morgan fingerprint density at radius 2 is 1.14 bits per heavy atom. The first-order valence-electron chi connectivity index (χ1n) is 9.66. The van der Waals surface area contributed by atoms with Gasteiger partial charge in [-0.2, -0.15) is 0 Å². The highest BCUT2D eigenvalue weighted by atomic mass is 16.5. The molecule has 0 saturated carbocycles. The van der Waals surface area contributed by atoms with Crippen molar-refractivity contribution in [1.82, 2.24) is 4.90 Å². The summed E-state index contributed by atoms with van der Waals surface area (Å²) in [6.45, 7) is 0.483. The normalized spacial score (nSPS) is 14.6. The van der Waals surface area contributed by atoms with Crippen LogP contribution in [0.25, 0.3) is 0 Å². The molecule has 0 aliphatic heterocycles. The molecule has 3 rings (SSSR count). The molecule has 0 radical (unpaired) electrons. The molecule has 0 bridgehead atoms. The van der Waals surface area contributed by atoms with Crippen molar-refractivity contribution in [3.05, 3.63) is 108 Å². The van der Waals surface area contributed by atoms with Gasteiger partial charge in [0.15, 0.2) is 0 Å². The molecule has 0 aliphatic rings. The van der Waals surface area contributed by atoms with E-state index in [9.17, 15) is 0 Å². The highest BCUT2D eigenvalue weighted by Crippen LogP contribution is 2.36. The second-order valence-electron chi connectivity index (χ2n) is 7.12. The summed E-state index contributed by atoms with van der Waals surface area (Å²) < 4.78 is 12.3. The number of ether oxygens (including phenoxy) is 2. The number of hydrogen-bond acceptors (Lipinski definition) is 3. The molecular formula is C25H29NO2. The number of likely N-dealkylation sites (N-methyl/N-ethyl adjacent to an activating group) is 1. The quantitative estimate of drug-likeness (QED) is 0.497. The van der Waals surface area contributed by atoms with Gasteiger partial charge in [0.1, 0.15) is 12.2 Å². The molecule has 3 aromatic carbocycles. The summed E-state index contributed by atoms with van der Waals surface area (Å²) in [6.07, 6.45) is -0.217. The molecule has 3 atom stereocenters. The van der Waals surface area contributed by atoms with E-state index in [4.69, 9.17) is 9.47 Å². The molecule has 0 fully saturated rings. The van der Waals surface area contributed by atoms with E-state index in [1.54, 1.807) is 7.11 Å². The maximum Gasteiger partial charge on any atom is 0.105 e. The van der Waals surface area contributed by atoms with Crippen LogP contribution in [0.5, 0.6) is 0 Å². The molecule has 0 unspecified atom stereocenters. The zero-order chi connectivity index (χ0) is 19.8. The third-order valence-corrected chi connectivity index (χ3v) is 5.00. The Hall–Kier alpha value is -2.46. The van der Waals surface area contributed by atoms with Crippen molar-refractivity contribution in [3.8, 4) is 0 Å². The summed E-state index contributed by atoms with van der Waals surface area (Å²) in [5.41, 5.74) is 3.51. The molecule has 0 heterocycles. The van der Waals surface area contributed by atoms with Crippen LogP contribution in [0, 0.1) is 0 Å². The van der Waals surface area contributed by atoms with E-state index < -0.39 is 0 Å². The van der Waals surface area contributed by atoms with E-state index in [0.717, 1.165) is 11.1 Å². The number of benzene rings is 3. The van der Waals surface area contributed by atoms with E-state index in [1.165, 1.54) is 5.56 Å². The van der Waals surface area contributed by atoms with Gasteiger partial charge in [-0.25, -0.2) is 0 Å². The Kier molecular flexibility index (Phi) is 7.38. The fourth-order valence-electron chi connectivity index (χ4n) is 3.57. The van der Waals surface area contributed by atoms with Crippen molar-refractivity contribution < 1.29 is 9.47 Å². The predicted octanol–water partition coefficient (Wildman–Crippen LogP) is 5.43. The van der Waals surface area contributed by atoms with Gasteiger partial charge in [0.05, 0.1) is 12.6 Å². The summed E-state index contributed by atoms with van der Waals surface area (Å²) in [5.74, 6) is 0. The topological polar surface area (TPSA) is 21.7 Å². The third kappa shape index (κ3) is 5.08. The van der Waals surface area contributed by atoms with Crippen LogP contribution in [0.3, 0.4) is 0 Å². The monoisotopic (exact) mass is 375 g/mol. The van der Waals surface area contributed by atoms with Crippen molar-refractivity contribution in [1.29, 1.82) is 0 Å². The van der Waals surface area contributed by atoms with Crippen LogP contribution in [-0.2, 0) is 9.47 Å². The molecule has 0 spiro atoms. The first-order chi connectivity index (χ1) is 13.7. The van der Waals surface area contributed by atoms with E-state index >= 15 is 0 Å². The summed E-state index contributed by atoms with van der Waals surface area (Å²) in [6, 6.07) is 31.3. The van der Waals surface area contributed by atoms with Gasteiger partial charge < -0.3 is 9.47 Å². The molecule has 146 valence electrons. The Bertz CT molecular complexity index is 806. The molecule has 0 aliphatic carbocycles. The Morgan fingerprint density at radius 1 is 0.679 bits per heavy atom. The van der Waals surface area contributed by atoms with E-state index in [-0.39, 0.29) is 18.2 Å². The van der Waals surface area contributed by atoms with Crippen molar-refractivity contribution in [2.24, 2.45) is 0 Å². The Balaban J connectivity index is 1.89. The van der Waals surface area contributed by atoms with Gasteiger partial charge in [0, 0.05) is 7.11 Å². The van der Waals surface area contributed by atoms with E-state index in [0.29, 0.717) is 6.61 Å². The van der Waals surface area contributed by atoms with Crippen LogP contribution in [-0.4, -0.2) is 32.7 Å². The molecule has 0 amide bonds. The first-order valence-corrected chi connectivity index (χ1v) is 9.66. The van der Waals surface area contributed by atoms with Crippen molar-refractivity contribution >= 4 is 0 Å². The number of nitrogens with zero attached hydrogens (tertiary/aromatic N) is 1. The summed E-state index contributed by atoms with van der Waals surface area (Å²) in [7, 11) is 5.93. The SMILES string of the molecule is CO[C@H](CO[C@H](c1ccccc1)[C@@H](c1ccccc1)N(C)C)c1ccccc1. The average molecular weight is 376 g/mol. The zero-order valence-electron chi connectivity index (χ0n) is 16.9. The van der Waals surface area contributed by atoms with Crippen LogP contribution < -0.4 is 0 Å². The van der Waals surface area contributed by atoms with Gasteiger partial charge in [-0.3, -0.25) is 4.90 Å². The van der Waals surface area contributed by atoms with Gasteiger partial charge in [0.2, 0.25) is 0 Å². The van der Waals surface area contributed by atoms with Crippen molar-refractivity contribution in [2.75, 3.05) is 27.8 Å². The van der Waals surface area contributed by atoms with Gasteiger partial charge in [-0.1, -0.05) is 91.0 Å². The molecule has 3 aromatic rings. The lowest BCUT2D eigenvalue weighted by Crippen LogP contribution is -2.29. The minimum Gasteiger partial charge on any atom is -0.374 e. The summed E-state index contributed by atoms with van der Waals surface area (Å²) >= 11 is 0. The second kappa shape index (κ2) is 10.2. The molecule has 0 N–H and O–H groups in total. The number of hydrogen-bond donors (Lipinski definition) is 0. The smallest absolute Gasteiger partial charge is 0.105 e. The maximum atomic E-state index is 6.55. The first kappa shape index (κ1) is 20.3. The molecule has 28 heavy (non-hydrogen) atoms. The highest BCUT2D eigenvalue weighted by Gasteiger charge is 2.28. The van der Waals surface area contributed by atoms with Gasteiger partial charge in [-0.15, -0.1) is 0 Å². The Morgan fingerprint density at radius 3 is 1.61 bits per heavy atom. The molecular weight excluding hydrogens is 346 g/mol. The van der Waals surface area contributed by atoms with Crippen LogP contribution in [0.1, 0.15) is 34.9 Å². The van der Waals surface area contributed by atoms with Gasteiger partial charge in [-0.05, 0) is 30.8 Å². The fraction of sp³-hybridized carbons (Fsp3) is 0.280. The van der Waals surface area contributed by atoms with Crippen LogP contribution in [0.4, 0.5) is 0 Å². The number of rotatable bonds is 9. The Labute approximate surface area is 168 Å². The van der Waals surface area contributed by atoms with Crippen LogP contribution >= 0.6 is 0 Å². The number of methoxy groups -OCH3 is 1. The lowest BCUT2D eigenvalue weighted by Gasteiger charge is -2.34. The van der Waals surface area contributed by atoms with Crippen molar-refractivity contribution in [3.63, 3.8) is 0 Å². The summed E-state index contributed by atoms with van der Waals surface area (Å²) in [4.78, 5) is 2.22. The largest absolute Gasteiger partial charge is 0.374 e. The standard InChI is InChI=1S/C25H29NO2/c1-26(2)24(21-15-9-5-10-16-21)25(22-17-11-6-12-18-22)28-19-23(27-3)20-13-7-4-8-14-20/h4-18,23-25H,19H2,1-3H3/t23-,24-,25-/m1/s1.